The van der Waals surface area contributed by atoms with Crippen LogP contribution in [-0.2, 0) is 9.47 Å². The molecule has 2 aromatic rings. The topological polar surface area (TPSA) is 66.8 Å². The van der Waals surface area contributed by atoms with Crippen LogP contribution in [0.3, 0.4) is 0 Å². The maximum atomic E-state index is 15.6. The lowest BCUT2D eigenvalue weighted by Gasteiger charge is -2.34. The Morgan fingerprint density at radius 1 is 1.19 bits per heavy atom. The maximum Gasteiger partial charge on any atom is 0.188 e. The zero-order chi connectivity index (χ0) is 25.8. The molecule has 2 unspecified atom stereocenters. The average Bonchev–Trinajstić information content (AvgIpc) is 3.12. The molecule has 2 saturated heterocycles. The monoisotopic (exact) mass is 525 g/mol. The molecular weight excluding hydrogens is 493 g/mol. The summed E-state index contributed by atoms with van der Waals surface area (Å²) < 4.78 is 32.0. The van der Waals surface area contributed by atoms with Gasteiger partial charge in [0.15, 0.2) is 12.6 Å². The van der Waals surface area contributed by atoms with Gasteiger partial charge >= 0.3 is 0 Å². The Morgan fingerprint density at radius 2 is 1.97 bits per heavy atom. The number of hydrogen-bond acceptors (Lipinski definition) is 6. The summed E-state index contributed by atoms with van der Waals surface area (Å²) in [6.07, 6.45) is 7.91. The number of ether oxygens (including phenoxy) is 3. The van der Waals surface area contributed by atoms with Crippen molar-refractivity contribution in [1.29, 1.82) is 5.41 Å². The van der Waals surface area contributed by atoms with E-state index in [9.17, 15) is 0 Å². The molecule has 2 bridgehead atoms. The lowest BCUT2D eigenvalue weighted by atomic mass is 9.91. The van der Waals surface area contributed by atoms with Gasteiger partial charge in [-0.3, -0.25) is 10.3 Å². The van der Waals surface area contributed by atoms with Crippen molar-refractivity contribution in [2.75, 3.05) is 40.2 Å². The summed E-state index contributed by atoms with van der Waals surface area (Å²) in [4.78, 5) is 2.60. The minimum Gasteiger partial charge on any atom is -0.468 e. The van der Waals surface area contributed by atoms with E-state index in [1.54, 1.807) is 25.5 Å². The van der Waals surface area contributed by atoms with Crippen LogP contribution < -0.4 is 10.1 Å². The van der Waals surface area contributed by atoms with E-state index in [4.69, 9.17) is 31.2 Å². The highest BCUT2D eigenvalue weighted by atomic mass is 35.5. The third-order valence-electron chi connectivity index (χ3n) is 7.33. The van der Waals surface area contributed by atoms with E-state index in [-0.39, 0.29) is 23.1 Å². The van der Waals surface area contributed by atoms with Crippen molar-refractivity contribution in [2.45, 2.75) is 37.8 Å². The summed E-state index contributed by atoms with van der Waals surface area (Å²) in [6, 6.07) is 12.4. The van der Waals surface area contributed by atoms with Crippen LogP contribution in [0.5, 0.6) is 5.75 Å². The maximum absolute atomic E-state index is 15.6. The zero-order valence-electron chi connectivity index (χ0n) is 21.1. The minimum absolute atomic E-state index is 0.0743. The van der Waals surface area contributed by atoms with Gasteiger partial charge < -0.3 is 19.5 Å². The van der Waals surface area contributed by atoms with E-state index in [2.05, 4.69) is 10.2 Å². The minimum atomic E-state index is -0.655. The van der Waals surface area contributed by atoms with Gasteiger partial charge in [-0.05, 0) is 66.8 Å². The number of benzene rings is 2. The predicted molar refractivity (Wildman–Crippen MR) is 146 cm³/mol. The first kappa shape index (κ1) is 25.9. The van der Waals surface area contributed by atoms with Gasteiger partial charge in [-0.15, -0.1) is 0 Å². The SMILES string of the molecule is COCOc1cc(C2=C(F)C(=N)/C(=C\NCCCCN3C4CCC3COC4)C=C2Cl)c2ccccc2c1. The van der Waals surface area contributed by atoms with E-state index < -0.39 is 5.83 Å². The molecular formula is C29H33ClFN3O3. The molecule has 2 atom stereocenters. The van der Waals surface area contributed by atoms with Crippen molar-refractivity contribution < 1.29 is 18.6 Å². The molecule has 37 heavy (non-hydrogen) atoms. The largest absolute Gasteiger partial charge is 0.468 e. The molecule has 3 aliphatic rings. The van der Waals surface area contributed by atoms with E-state index >= 15 is 4.39 Å². The second kappa shape index (κ2) is 11.8. The standard InChI is InChI=1S/C29H33ClFN3O3/c1-35-18-37-23-12-19-6-2-3-7-24(19)25(14-23)27-26(30)13-20(29(32)28(27)31)15-33-10-4-5-11-34-21-8-9-22(34)17-36-16-21/h2-3,6-7,12-15,21-22,32-33H,4-5,8-11,16-18H2,1H3/b20-15-,32-29?. The van der Waals surface area contributed by atoms with Gasteiger partial charge in [-0.25, -0.2) is 4.39 Å². The zero-order valence-corrected chi connectivity index (χ0v) is 21.8. The first-order valence-corrected chi connectivity index (χ1v) is 13.2. The van der Waals surface area contributed by atoms with Crippen molar-refractivity contribution >= 4 is 33.7 Å². The first-order chi connectivity index (χ1) is 18.1. The predicted octanol–water partition coefficient (Wildman–Crippen LogP) is 5.78. The lowest BCUT2D eigenvalue weighted by Crippen LogP contribution is -2.46. The second-order valence-corrected chi connectivity index (χ2v) is 10.1. The molecule has 8 heteroatoms. The van der Waals surface area contributed by atoms with Gasteiger partial charge in [0.2, 0.25) is 0 Å². The van der Waals surface area contributed by atoms with E-state index in [1.807, 2.05) is 30.3 Å². The number of methoxy groups -OCH3 is 1. The lowest BCUT2D eigenvalue weighted by molar-refractivity contribution is -0.0149. The summed E-state index contributed by atoms with van der Waals surface area (Å²) in [5.74, 6) is -0.114. The molecule has 1 aliphatic carbocycles. The Morgan fingerprint density at radius 3 is 2.76 bits per heavy atom. The number of fused-ring (bicyclic) bond motifs is 3. The molecule has 0 saturated carbocycles. The smallest absolute Gasteiger partial charge is 0.188 e. The highest BCUT2D eigenvalue weighted by molar-refractivity contribution is 6.41. The molecule has 6 nitrogen and oxygen atoms in total. The number of allylic oxidation sites excluding steroid dienone is 5. The van der Waals surface area contributed by atoms with Gasteiger partial charge in [-0.2, -0.15) is 0 Å². The van der Waals surface area contributed by atoms with Crippen LogP contribution in [0.4, 0.5) is 4.39 Å². The Bertz CT molecular complexity index is 1240. The second-order valence-electron chi connectivity index (χ2n) is 9.72. The van der Waals surface area contributed by atoms with Gasteiger partial charge in [-0.1, -0.05) is 35.9 Å². The molecule has 2 fully saturated rings. The summed E-state index contributed by atoms with van der Waals surface area (Å²) in [5.41, 5.74) is 1.01. The normalized spacial score (nSPS) is 23.2. The quantitative estimate of drug-likeness (QED) is 0.304. The third-order valence-corrected chi connectivity index (χ3v) is 7.63. The van der Waals surface area contributed by atoms with E-state index in [0.717, 1.165) is 49.9 Å². The number of morpholine rings is 1. The molecule has 0 aromatic heterocycles. The van der Waals surface area contributed by atoms with Crippen molar-refractivity contribution in [2.24, 2.45) is 0 Å². The molecule has 196 valence electrons. The number of nitrogens with one attached hydrogen (secondary N) is 2. The van der Waals surface area contributed by atoms with Crippen LogP contribution in [0.15, 0.2) is 65.1 Å². The number of nitrogens with zero attached hydrogens (tertiary/aromatic N) is 1. The van der Waals surface area contributed by atoms with Crippen molar-refractivity contribution in [3.05, 3.63) is 70.7 Å². The molecule has 2 heterocycles. The van der Waals surface area contributed by atoms with Gasteiger partial charge in [0.05, 0.1) is 24.0 Å². The van der Waals surface area contributed by atoms with Crippen LogP contribution in [0.1, 0.15) is 31.2 Å². The summed E-state index contributed by atoms with van der Waals surface area (Å²) in [7, 11) is 1.54. The van der Waals surface area contributed by atoms with Gasteiger partial charge in [0.25, 0.3) is 0 Å². The number of halogens is 2. The molecule has 2 N–H and O–H groups in total. The molecule has 0 spiro atoms. The van der Waals surface area contributed by atoms with Crippen molar-refractivity contribution in [1.82, 2.24) is 10.2 Å². The fourth-order valence-electron chi connectivity index (χ4n) is 5.48. The van der Waals surface area contributed by atoms with Gasteiger partial charge in [0.1, 0.15) is 5.75 Å². The van der Waals surface area contributed by atoms with E-state index in [1.165, 1.54) is 12.8 Å². The summed E-state index contributed by atoms with van der Waals surface area (Å²) in [5, 5.41) is 13.7. The van der Waals surface area contributed by atoms with Crippen molar-refractivity contribution in [3.8, 4) is 5.75 Å². The molecule has 5 rings (SSSR count). The Labute approximate surface area is 222 Å². The average molecular weight is 526 g/mol. The number of hydrogen-bond donors (Lipinski definition) is 2. The Balaban J connectivity index is 1.25. The van der Waals surface area contributed by atoms with Crippen LogP contribution in [-0.4, -0.2) is 62.9 Å². The molecule has 2 aliphatic heterocycles. The third kappa shape index (κ3) is 5.60. The Hall–Kier alpha value is -2.71. The summed E-state index contributed by atoms with van der Waals surface area (Å²) in [6.45, 7) is 3.63. The Kier molecular flexibility index (Phi) is 8.25. The highest BCUT2D eigenvalue weighted by Gasteiger charge is 2.36. The van der Waals surface area contributed by atoms with Gasteiger partial charge in [0, 0.05) is 43.1 Å². The van der Waals surface area contributed by atoms with Crippen LogP contribution in [0.2, 0.25) is 0 Å². The fourth-order valence-corrected chi connectivity index (χ4v) is 5.78. The fraction of sp³-hybridized carbons (Fsp3) is 0.414. The number of rotatable bonds is 10. The molecule has 2 aromatic carbocycles. The molecule has 0 amide bonds. The summed E-state index contributed by atoms with van der Waals surface area (Å²) >= 11 is 6.63. The highest BCUT2D eigenvalue weighted by Crippen LogP contribution is 2.41. The van der Waals surface area contributed by atoms with E-state index in [0.29, 0.717) is 29.0 Å². The number of unbranched alkanes of at least 4 members (excludes halogenated alkanes) is 1. The first-order valence-electron chi connectivity index (χ1n) is 12.9. The van der Waals surface area contributed by atoms with Crippen LogP contribution >= 0.6 is 11.6 Å². The van der Waals surface area contributed by atoms with Crippen molar-refractivity contribution in [3.63, 3.8) is 0 Å². The molecule has 0 radical (unpaired) electrons. The van der Waals surface area contributed by atoms with Crippen LogP contribution in [0.25, 0.3) is 16.3 Å². The van der Waals surface area contributed by atoms with Crippen LogP contribution in [0, 0.1) is 5.41 Å².